The van der Waals surface area contributed by atoms with Crippen LogP contribution >= 0.6 is 11.6 Å². The van der Waals surface area contributed by atoms with Crippen LogP contribution in [0.15, 0.2) is 41.4 Å². The van der Waals surface area contributed by atoms with Gasteiger partial charge in [0.25, 0.3) is 10.0 Å². The van der Waals surface area contributed by atoms with E-state index in [-0.39, 0.29) is 16.3 Å². The number of aromatic nitrogens is 2. The summed E-state index contributed by atoms with van der Waals surface area (Å²) < 4.78 is 68.8. The lowest BCUT2D eigenvalue weighted by Gasteiger charge is -2.13. The van der Waals surface area contributed by atoms with Gasteiger partial charge in [-0.15, -0.1) is 0 Å². The zero-order valence-corrected chi connectivity index (χ0v) is 15.7. The molecule has 0 amide bonds. The Morgan fingerprint density at radius 1 is 1.14 bits per heavy atom. The molecule has 1 aromatic heterocycles. The summed E-state index contributed by atoms with van der Waals surface area (Å²) in [6, 6.07) is 4.60. The highest BCUT2D eigenvalue weighted by Gasteiger charge is 2.28. The van der Waals surface area contributed by atoms with Crippen LogP contribution in [0.4, 0.5) is 18.9 Å². The lowest BCUT2D eigenvalue weighted by Crippen LogP contribution is -2.17. The molecule has 0 radical (unpaired) electrons. The topological polar surface area (TPSA) is 74.8 Å². The molecule has 1 heterocycles. The van der Waals surface area contributed by atoms with Gasteiger partial charge in [-0.1, -0.05) is 17.7 Å². The molecule has 0 saturated heterocycles. The van der Waals surface area contributed by atoms with E-state index in [1.807, 2.05) is 4.72 Å². The molecule has 1 aliphatic rings. The first kappa shape index (κ1) is 18.8. The molecule has 2 N–H and O–H groups in total. The highest BCUT2D eigenvalue weighted by molar-refractivity contribution is 7.92. The number of halogens is 4. The van der Waals surface area contributed by atoms with Crippen molar-refractivity contribution in [2.24, 2.45) is 0 Å². The molecule has 10 heteroatoms. The first-order chi connectivity index (χ1) is 13.3. The normalized spacial score (nSPS) is 14.3. The average Bonchev–Trinajstić information content (AvgIpc) is 3.34. The molecule has 2 aromatic carbocycles. The predicted molar refractivity (Wildman–Crippen MR) is 98.1 cm³/mol. The number of nitrogens with one attached hydrogen (secondary N) is 2. The molecule has 28 heavy (non-hydrogen) atoms. The van der Waals surface area contributed by atoms with Gasteiger partial charge >= 0.3 is 0 Å². The van der Waals surface area contributed by atoms with Crippen LogP contribution in [0.25, 0.3) is 11.3 Å². The second-order valence-corrected chi connectivity index (χ2v) is 8.42. The van der Waals surface area contributed by atoms with Crippen LogP contribution in [0.3, 0.4) is 0 Å². The van der Waals surface area contributed by atoms with Crippen molar-refractivity contribution < 1.29 is 21.6 Å². The number of anilines is 1. The smallest absolute Gasteiger partial charge is 0.267 e. The molecule has 3 aromatic rings. The molecule has 1 fully saturated rings. The fourth-order valence-electron chi connectivity index (χ4n) is 2.83. The number of nitrogens with zero attached hydrogens (tertiary/aromatic N) is 1. The molecule has 146 valence electrons. The lowest BCUT2D eigenvalue weighted by molar-refractivity contribution is 0.521. The van der Waals surface area contributed by atoms with E-state index >= 15 is 0 Å². The van der Waals surface area contributed by atoms with Crippen LogP contribution in [0.2, 0.25) is 5.02 Å². The minimum Gasteiger partial charge on any atom is -0.342 e. The van der Waals surface area contributed by atoms with E-state index in [9.17, 15) is 21.6 Å². The van der Waals surface area contributed by atoms with Gasteiger partial charge in [0.1, 0.15) is 23.3 Å². The van der Waals surface area contributed by atoms with Crippen LogP contribution < -0.4 is 4.72 Å². The first-order valence-corrected chi connectivity index (χ1v) is 10.1. The molecule has 1 saturated carbocycles. The molecule has 4 rings (SSSR count). The highest BCUT2D eigenvalue weighted by atomic mass is 35.5. The number of imidazole rings is 1. The number of H-pyrrole nitrogens is 1. The second kappa shape index (κ2) is 6.82. The summed E-state index contributed by atoms with van der Waals surface area (Å²) in [5.41, 5.74) is 0.235. The average molecular weight is 428 g/mol. The predicted octanol–water partition coefficient (Wildman–Crippen LogP) is 4.83. The van der Waals surface area contributed by atoms with Gasteiger partial charge in [0, 0.05) is 11.5 Å². The molecule has 0 bridgehead atoms. The van der Waals surface area contributed by atoms with Gasteiger partial charge in [0.15, 0.2) is 4.90 Å². The third-order valence-electron chi connectivity index (χ3n) is 4.32. The maximum atomic E-state index is 14.1. The van der Waals surface area contributed by atoms with Crippen molar-refractivity contribution in [3.8, 4) is 11.3 Å². The van der Waals surface area contributed by atoms with Gasteiger partial charge < -0.3 is 4.98 Å². The Kier molecular flexibility index (Phi) is 4.59. The summed E-state index contributed by atoms with van der Waals surface area (Å²) in [6.45, 7) is 0. The molecule has 0 aliphatic heterocycles. The maximum absolute atomic E-state index is 14.1. The van der Waals surface area contributed by atoms with E-state index in [4.69, 9.17) is 11.6 Å². The van der Waals surface area contributed by atoms with E-state index in [0.29, 0.717) is 11.6 Å². The largest absolute Gasteiger partial charge is 0.342 e. The summed E-state index contributed by atoms with van der Waals surface area (Å²) in [5.74, 6) is -2.27. The zero-order valence-electron chi connectivity index (χ0n) is 14.1. The molecule has 5 nitrogen and oxygen atoms in total. The Morgan fingerprint density at radius 2 is 1.82 bits per heavy atom. The SMILES string of the molecule is O=S(=O)(Nc1cc(F)cc(-c2cnc(C3CC3)[nH]2)c1Cl)c1c(F)cccc1F. The van der Waals surface area contributed by atoms with Gasteiger partial charge in [0.05, 0.1) is 22.6 Å². The molecule has 0 unspecified atom stereocenters. The van der Waals surface area contributed by atoms with E-state index in [1.165, 1.54) is 6.20 Å². The highest BCUT2D eigenvalue weighted by Crippen LogP contribution is 2.40. The van der Waals surface area contributed by atoms with Crippen molar-refractivity contribution in [1.82, 2.24) is 9.97 Å². The van der Waals surface area contributed by atoms with E-state index in [2.05, 4.69) is 9.97 Å². The molecule has 0 spiro atoms. The van der Waals surface area contributed by atoms with Gasteiger partial charge in [-0.3, -0.25) is 4.72 Å². The quantitative estimate of drug-likeness (QED) is 0.612. The molecule has 0 atom stereocenters. The van der Waals surface area contributed by atoms with Crippen LogP contribution in [0.5, 0.6) is 0 Å². The van der Waals surface area contributed by atoms with Crippen molar-refractivity contribution in [2.45, 2.75) is 23.7 Å². The van der Waals surface area contributed by atoms with Crippen LogP contribution in [0.1, 0.15) is 24.6 Å². The van der Waals surface area contributed by atoms with E-state index in [0.717, 1.165) is 49.0 Å². The number of hydrogen-bond donors (Lipinski definition) is 2. The standard InChI is InChI=1S/C18H13ClF3N3O2S/c19-16-11(15-8-23-18(24-15)9-4-5-9)6-10(20)7-14(16)25-28(26,27)17-12(21)2-1-3-13(17)22/h1-3,6-9,25H,4-5H2,(H,23,24). The third kappa shape index (κ3) is 3.47. The zero-order chi connectivity index (χ0) is 20.1. The van der Waals surface area contributed by atoms with Crippen molar-refractivity contribution in [3.63, 3.8) is 0 Å². The Balaban J connectivity index is 1.75. The van der Waals surface area contributed by atoms with Crippen LogP contribution in [-0.4, -0.2) is 18.4 Å². The van der Waals surface area contributed by atoms with Crippen molar-refractivity contribution in [2.75, 3.05) is 4.72 Å². The lowest BCUT2D eigenvalue weighted by atomic mass is 10.1. The monoisotopic (exact) mass is 427 g/mol. The van der Waals surface area contributed by atoms with Crippen LogP contribution in [-0.2, 0) is 10.0 Å². The fraction of sp³-hybridized carbons (Fsp3) is 0.167. The Morgan fingerprint density at radius 3 is 2.46 bits per heavy atom. The number of benzene rings is 2. The van der Waals surface area contributed by atoms with Gasteiger partial charge in [-0.25, -0.2) is 26.6 Å². The summed E-state index contributed by atoms with van der Waals surface area (Å²) >= 11 is 6.26. The number of hydrogen-bond acceptors (Lipinski definition) is 3. The molecular weight excluding hydrogens is 415 g/mol. The third-order valence-corrected chi connectivity index (χ3v) is 6.14. The van der Waals surface area contributed by atoms with Crippen LogP contribution in [0, 0.1) is 17.5 Å². The summed E-state index contributed by atoms with van der Waals surface area (Å²) in [4.78, 5) is 6.09. The van der Waals surface area contributed by atoms with Gasteiger partial charge in [0.2, 0.25) is 0 Å². The van der Waals surface area contributed by atoms with E-state index < -0.39 is 32.4 Å². The Bertz CT molecular complexity index is 1160. The first-order valence-electron chi connectivity index (χ1n) is 8.27. The van der Waals surface area contributed by atoms with Gasteiger partial charge in [-0.05, 0) is 37.1 Å². The number of aromatic amines is 1. The number of rotatable bonds is 5. The summed E-state index contributed by atoms with van der Waals surface area (Å²) in [7, 11) is -4.69. The second-order valence-electron chi connectivity index (χ2n) is 6.43. The van der Waals surface area contributed by atoms with Gasteiger partial charge in [-0.2, -0.15) is 0 Å². The van der Waals surface area contributed by atoms with Crippen molar-refractivity contribution >= 4 is 27.3 Å². The van der Waals surface area contributed by atoms with E-state index in [1.54, 1.807) is 0 Å². The number of sulfonamides is 1. The minimum absolute atomic E-state index is 0.132. The Labute approximate surface area is 163 Å². The fourth-order valence-corrected chi connectivity index (χ4v) is 4.35. The molecule has 1 aliphatic carbocycles. The van der Waals surface area contributed by atoms with Crippen molar-refractivity contribution in [1.29, 1.82) is 0 Å². The van der Waals surface area contributed by atoms with Crippen molar-refractivity contribution in [3.05, 3.63) is 64.8 Å². The molecular formula is C18H13ClF3N3O2S. The Hall–Kier alpha value is -2.52. The minimum atomic E-state index is -4.69. The maximum Gasteiger partial charge on any atom is 0.267 e. The summed E-state index contributed by atoms with van der Waals surface area (Å²) in [6.07, 6.45) is 3.48. The summed E-state index contributed by atoms with van der Waals surface area (Å²) in [5, 5.41) is -0.132.